The molecule has 2 nitrogen and oxygen atoms in total. The molecule has 0 bridgehead atoms. The van der Waals surface area contributed by atoms with E-state index in [1.54, 1.807) is 6.07 Å². The minimum Gasteiger partial charge on any atom is -0.504 e. The molecule has 0 aliphatic heterocycles. The van der Waals surface area contributed by atoms with Crippen molar-refractivity contribution in [2.24, 2.45) is 0 Å². The van der Waals surface area contributed by atoms with E-state index in [0.717, 1.165) is 24.0 Å². The molecule has 0 amide bonds. The van der Waals surface area contributed by atoms with Crippen molar-refractivity contribution in [3.63, 3.8) is 0 Å². The number of hydrogen-bond donors (Lipinski definition) is 2. The highest BCUT2D eigenvalue weighted by Crippen LogP contribution is 2.54. The Labute approximate surface area is 83.5 Å². The fraction of sp³-hybridized carbons (Fsp3) is 0.333. The van der Waals surface area contributed by atoms with E-state index in [1.165, 1.54) is 6.07 Å². The number of allylic oxidation sites excluding steroid dienone is 1. The molecule has 2 heteroatoms. The van der Waals surface area contributed by atoms with Crippen molar-refractivity contribution in [1.29, 1.82) is 0 Å². The zero-order valence-corrected chi connectivity index (χ0v) is 8.25. The van der Waals surface area contributed by atoms with Crippen LogP contribution in [-0.2, 0) is 5.41 Å². The molecule has 14 heavy (non-hydrogen) atoms. The van der Waals surface area contributed by atoms with Crippen LogP contribution in [0, 0.1) is 0 Å². The van der Waals surface area contributed by atoms with E-state index in [9.17, 15) is 10.2 Å². The third kappa shape index (κ3) is 1.18. The van der Waals surface area contributed by atoms with E-state index in [4.69, 9.17) is 0 Å². The van der Waals surface area contributed by atoms with Gasteiger partial charge in [-0.2, -0.15) is 0 Å². The fourth-order valence-electron chi connectivity index (χ4n) is 1.91. The Morgan fingerprint density at radius 1 is 1.29 bits per heavy atom. The molecule has 1 fully saturated rings. The van der Waals surface area contributed by atoms with Gasteiger partial charge in [-0.1, -0.05) is 18.2 Å². The van der Waals surface area contributed by atoms with Crippen molar-refractivity contribution in [3.8, 4) is 11.5 Å². The average molecular weight is 190 g/mol. The Kier molecular flexibility index (Phi) is 1.81. The Balaban J connectivity index is 2.43. The van der Waals surface area contributed by atoms with E-state index in [2.05, 4.69) is 6.58 Å². The van der Waals surface area contributed by atoms with Crippen LogP contribution in [0.2, 0.25) is 0 Å². The van der Waals surface area contributed by atoms with Crippen LogP contribution < -0.4 is 0 Å². The third-order valence-electron chi connectivity index (χ3n) is 3.09. The van der Waals surface area contributed by atoms with Gasteiger partial charge in [0.1, 0.15) is 0 Å². The van der Waals surface area contributed by atoms with Crippen LogP contribution in [0.4, 0.5) is 0 Å². The first-order valence-corrected chi connectivity index (χ1v) is 4.75. The monoisotopic (exact) mass is 190 g/mol. The lowest BCUT2D eigenvalue weighted by Gasteiger charge is -2.15. The van der Waals surface area contributed by atoms with E-state index in [-0.39, 0.29) is 16.9 Å². The second kappa shape index (κ2) is 2.77. The molecule has 0 radical (unpaired) electrons. The topological polar surface area (TPSA) is 40.5 Å². The normalized spacial score (nSPS) is 17.8. The maximum Gasteiger partial charge on any atom is 0.157 e. The SMILES string of the molecule is C=C(C)C1(c2ccc(O)c(O)c2)CC1. The van der Waals surface area contributed by atoms with Gasteiger partial charge in [0.05, 0.1) is 0 Å². The van der Waals surface area contributed by atoms with Gasteiger partial charge in [-0.25, -0.2) is 0 Å². The van der Waals surface area contributed by atoms with E-state index in [0.29, 0.717) is 0 Å². The molecule has 0 atom stereocenters. The van der Waals surface area contributed by atoms with Gasteiger partial charge in [-0.3, -0.25) is 0 Å². The molecule has 74 valence electrons. The molecule has 0 unspecified atom stereocenters. The molecule has 1 aromatic rings. The van der Waals surface area contributed by atoms with Crippen LogP contribution >= 0.6 is 0 Å². The summed E-state index contributed by atoms with van der Waals surface area (Å²) in [5, 5.41) is 18.6. The standard InChI is InChI=1S/C12H14O2/c1-8(2)12(5-6-12)9-3-4-10(13)11(14)7-9/h3-4,7,13-14H,1,5-6H2,2H3. The minimum atomic E-state index is -0.0636. The summed E-state index contributed by atoms with van der Waals surface area (Å²) in [5.74, 6) is -0.110. The summed E-state index contributed by atoms with van der Waals surface area (Å²) in [6, 6.07) is 5.03. The van der Waals surface area contributed by atoms with Gasteiger partial charge in [-0.05, 0) is 37.5 Å². The second-order valence-electron chi connectivity index (χ2n) is 4.07. The Bertz CT molecular complexity index is 389. The average Bonchev–Trinajstić information content (AvgIpc) is 2.90. The van der Waals surface area contributed by atoms with Crippen molar-refractivity contribution in [2.75, 3.05) is 0 Å². The number of phenols is 2. The van der Waals surface area contributed by atoms with Crippen LogP contribution in [-0.4, -0.2) is 10.2 Å². The lowest BCUT2D eigenvalue weighted by molar-refractivity contribution is 0.402. The highest BCUT2D eigenvalue weighted by Gasteiger charge is 2.45. The predicted octanol–water partition coefficient (Wildman–Crippen LogP) is 2.71. The van der Waals surface area contributed by atoms with Crippen LogP contribution in [0.15, 0.2) is 30.4 Å². The summed E-state index contributed by atoms with van der Waals surface area (Å²) in [4.78, 5) is 0. The molecule has 0 heterocycles. The largest absolute Gasteiger partial charge is 0.504 e. The molecule has 0 saturated heterocycles. The Morgan fingerprint density at radius 3 is 2.36 bits per heavy atom. The molecular formula is C12H14O2. The summed E-state index contributed by atoms with van der Waals surface area (Å²) < 4.78 is 0. The first-order chi connectivity index (χ1) is 6.56. The van der Waals surface area contributed by atoms with Gasteiger partial charge < -0.3 is 10.2 Å². The minimum absolute atomic E-state index is 0.0463. The third-order valence-corrected chi connectivity index (χ3v) is 3.09. The van der Waals surface area contributed by atoms with Crippen molar-refractivity contribution in [1.82, 2.24) is 0 Å². The summed E-state index contributed by atoms with van der Waals surface area (Å²) >= 11 is 0. The van der Waals surface area contributed by atoms with Crippen LogP contribution in [0.5, 0.6) is 11.5 Å². The highest BCUT2D eigenvalue weighted by molar-refractivity contribution is 5.48. The Morgan fingerprint density at radius 2 is 1.93 bits per heavy atom. The van der Waals surface area contributed by atoms with Crippen molar-refractivity contribution in [2.45, 2.75) is 25.2 Å². The lowest BCUT2D eigenvalue weighted by atomic mass is 9.89. The molecule has 1 saturated carbocycles. The predicted molar refractivity (Wildman–Crippen MR) is 55.5 cm³/mol. The molecule has 1 aromatic carbocycles. The number of benzene rings is 1. The quantitative estimate of drug-likeness (QED) is 0.556. The van der Waals surface area contributed by atoms with Gasteiger partial charge in [0.2, 0.25) is 0 Å². The fourth-order valence-corrected chi connectivity index (χ4v) is 1.91. The van der Waals surface area contributed by atoms with Crippen molar-refractivity contribution in [3.05, 3.63) is 35.9 Å². The first-order valence-electron chi connectivity index (χ1n) is 4.75. The highest BCUT2D eigenvalue weighted by atomic mass is 16.3. The lowest BCUT2D eigenvalue weighted by Crippen LogP contribution is -2.06. The maximum atomic E-state index is 9.39. The van der Waals surface area contributed by atoms with Gasteiger partial charge in [0.15, 0.2) is 11.5 Å². The van der Waals surface area contributed by atoms with Gasteiger partial charge in [0.25, 0.3) is 0 Å². The van der Waals surface area contributed by atoms with Gasteiger partial charge in [-0.15, -0.1) is 0 Å². The van der Waals surface area contributed by atoms with E-state index >= 15 is 0 Å². The number of phenolic OH excluding ortho intramolecular Hbond substituents is 2. The number of hydrogen-bond acceptors (Lipinski definition) is 2. The zero-order chi connectivity index (χ0) is 10.3. The Hall–Kier alpha value is -1.44. The van der Waals surface area contributed by atoms with E-state index < -0.39 is 0 Å². The molecule has 2 N–H and O–H groups in total. The smallest absolute Gasteiger partial charge is 0.157 e. The molecule has 1 aliphatic carbocycles. The summed E-state index contributed by atoms with van der Waals surface area (Å²) in [5.41, 5.74) is 2.24. The molecular weight excluding hydrogens is 176 g/mol. The molecule has 1 aliphatic rings. The number of aromatic hydroxyl groups is 2. The number of rotatable bonds is 2. The van der Waals surface area contributed by atoms with Crippen molar-refractivity contribution < 1.29 is 10.2 Å². The molecule has 2 rings (SSSR count). The van der Waals surface area contributed by atoms with Crippen LogP contribution in [0.3, 0.4) is 0 Å². The van der Waals surface area contributed by atoms with E-state index in [1.807, 2.05) is 13.0 Å². The second-order valence-corrected chi connectivity index (χ2v) is 4.07. The summed E-state index contributed by atoms with van der Waals surface area (Å²) in [7, 11) is 0. The molecule has 0 aromatic heterocycles. The van der Waals surface area contributed by atoms with Crippen molar-refractivity contribution >= 4 is 0 Å². The zero-order valence-electron chi connectivity index (χ0n) is 8.25. The van der Waals surface area contributed by atoms with Crippen LogP contribution in [0.1, 0.15) is 25.3 Å². The summed E-state index contributed by atoms with van der Waals surface area (Å²) in [6.07, 6.45) is 2.18. The van der Waals surface area contributed by atoms with Crippen LogP contribution in [0.25, 0.3) is 0 Å². The summed E-state index contributed by atoms with van der Waals surface area (Å²) in [6.45, 7) is 5.98. The van der Waals surface area contributed by atoms with Gasteiger partial charge in [0, 0.05) is 5.41 Å². The van der Waals surface area contributed by atoms with Gasteiger partial charge >= 0.3 is 0 Å². The first kappa shape index (κ1) is 9.13. The maximum absolute atomic E-state index is 9.39. The molecule has 0 spiro atoms.